The lowest BCUT2D eigenvalue weighted by atomic mass is 9.88. The van der Waals surface area contributed by atoms with Crippen LogP contribution in [0.5, 0.6) is 0 Å². The SMILES string of the molecule is Cc1ccc2c(sc3ccc4ccc5ccccc5c4c32)c1-c1n(C)c2ccc3ccccc3c2[n+]1Cc1c(C(C)C)cccc1C(C)C. The molecule has 240 valence electrons. The van der Waals surface area contributed by atoms with Crippen molar-refractivity contribution in [3.05, 3.63) is 138 Å². The first-order chi connectivity index (χ1) is 23.8. The highest BCUT2D eigenvalue weighted by Gasteiger charge is 2.31. The van der Waals surface area contributed by atoms with Gasteiger partial charge in [-0.2, -0.15) is 0 Å². The fraction of sp³-hybridized carbons (Fsp3) is 0.196. The monoisotopic (exact) mass is 653 g/mol. The first-order valence-electron chi connectivity index (χ1n) is 17.6. The van der Waals surface area contributed by atoms with Crippen LogP contribution in [0.4, 0.5) is 0 Å². The van der Waals surface area contributed by atoms with Crippen LogP contribution in [0.25, 0.3) is 74.9 Å². The maximum Gasteiger partial charge on any atom is 0.291 e. The first-order valence-corrected chi connectivity index (χ1v) is 18.4. The van der Waals surface area contributed by atoms with Crippen LogP contribution in [0.1, 0.15) is 61.8 Å². The Bertz CT molecular complexity index is 2750. The minimum absolute atomic E-state index is 0.431. The molecule has 0 N–H and O–H groups in total. The summed E-state index contributed by atoms with van der Waals surface area (Å²) in [5.41, 5.74) is 9.54. The molecule has 0 unspecified atom stereocenters. The average molecular weight is 654 g/mol. The molecule has 0 bridgehead atoms. The van der Waals surface area contributed by atoms with Crippen LogP contribution in [0.15, 0.2) is 115 Å². The third kappa shape index (κ3) is 4.48. The molecule has 3 heteroatoms. The maximum absolute atomic E-state index is 2.66. The molecule has 2 nitrogen and oxygen atoms in total. The molecule has 7 aromatic carbocycles. The lowest BCUT2D eigenvalue weighted by Crippen LogP contribution is -2.37. The topological polar surface area (TPSA) is 8.81 Å². The van der Waals surface area contributed by atoms with Crippen LogP contribution in [-0.2, 0) is 13.6 Å². The molecule has 2 heterocycles. The third-order valence-corrected chi connectivity index (χ3v) is 12.0. The number of hydrogen-bond acceptors (Lipinski definition) is 1. The summed E-state index contributed by atoms with van der Waals surface area (Å²) in [5, 5.41) is 10.6. The standard InChI is InChI=1S/C46H41N2S/c1-27(2)33-16-11-17-34(28(3)4)38(33)26-48-44-36-15-10-8-13-31(36)21-24-39(44)47(6)46(48)41-29(5)18-23-37-43-40(49-45(37)41)25-22-32-20-19-30-12-7-9-14-35(30)42(32)43/h7-25,27-28H,26H2,1-6H3/q+1. The number of imidazole rings is 1. The van der Waals surface area contributed by atoms with Crippen molar-refractivity contribution in [1.82, 2.24) is 4.57 Å². The highest BCUT2D eigenvalue weighted by molar-refractivity contribution is 7.26. The van der Waals surface area contributed by atoms with E-state index in [1.54, 1.807) is 0 Å². The Labute approximate surface area is 291 Å². The van der Waals surface area contributed by atoms with E-state index in [1.165, 1.54) is 97.2 Å². The number of aryl methyl sites for hydroxylation is 2. The first kappa shape index (κ1) is 30.1. The Hall–Kier alpha value is -4.99. The molecule has 49 heavy (non-hydrogen) atoms. The minimum atomic E-state index is 0.431. The van der Waals surface area contributed by atoms with Gasteiger partial charge in [-0.1, -0.05) is 119 Å². The van der Waals surface area contributed by atoms with E-state index >= 15 is 0 Å². The number of hydrogen-bond donors (Lipinski definition) is 0. The summed E-state index contributed by atoms with van der Waals surface area (Å²) in [4.78, 5) is 0. The van der Waals surface area contributed by atoms with Gasteiger partial charge in [0, 0.05) is 26.4 Å². The van der Waals surface area contributed by atoms with Gasteiger partial charge in [0.15, 0.2) is 11.0 Å². The van der Waals surface area contributed by atoms with Crippen molar-refractivity contribution in [2.24, 2.45) is 7.05 Å². The second-order valence-electron chi connectivity index (χ2n) is 14.4. The fourth-order valence-electron chi connectivity index (χ4n) is 8.50. The van der Waals surface area contributed by atoms with Gasteiger partial charge < -0.3 is 0 Å². The molecule has 0 radical (unpaired) electrons. The third-order valence-electron chi connectivity index (χ3n) is 10.8. The molecule has 0 spiro atoms. The van der Waals surface area contributed by atoms with E-state index in [-0.39, 0.29) is 0 Å². The zero-order chi connectivity index (χ0) is 33.6. The van der Waals surface area contributed by atoms with Gasteiger partial charge in [0.2, 0.25) is 0 Å². The maximum atomic E-state index is 2.66. The predicted octanol–water partition coefficient (Wildman–Crippen LogP) is 12.6. The lowest BCUT2D eigenvalue weighted by Gasteiger charge is -2.19. The highest BCUT2D eigenvalue weighted by Crippen LogP contribution is 2.46. The van der Waals surface area contributed by atoms with Crippen LogP contribution in [0, 0.1) is 6.92 Å². The van der Waals surface area contributed by atoms with Gasteiger partial charge in [0.25, 0.3) is 5.82 Å². The van der Waals surface area contributed by atoms with Gasteiger partial charge >= 0.3 is 0 Å². The Balaban J connectivity index is 1.43. The van der Waals surface area contributed by atoms with Gasteiger partial charge in [-0.05, 0) is 86.6 Å². The van der Waals surface area contributed by atoms with Crippen LogP contribution in [-0.4, -0.2) is 4.57 Å². The van der Waals surface area contributed by atoms with Crippen LogP contribution < -0.4 is 4.57 Å². The molecular formula is C46H41N2S+. The second kappa shape index (κ2) is 11.3. The molecule has 0 amide bonds. The normalized spacial score (nSPS) is 12.3. The van der Waals surface area contributed by atoms with Crippen molar-refractivity contribution >= 4 is 74.9 Å². The second-order valence-corrected chi connectivity index (χ2v) is 15.5. The zero-order valence-electron chi connectivity index (χ0n) is 29.1. The van der Waals surface area contributed by atoms with Crippen molar-refractivity contribution < 1.29 is 4.57 Å². The Kier molecular flexibility index (Phi) is 6.93. The van der Waals surface area contributed by atoms with Crippen molar-refractivity contribution in [3.8, 4) is 11.4 Å². The zero-order valence-corrected chi connectivity index (χ0v) is 30.0. The molecule has 2 aromatic heterocycles. The van der Waals surface area contributed by atoms with E-state index in [0.29, 0.717) is 11.8 Å². The van der Waals surface area contributed by atoms with Crippen molar-refractivity contribution in [1.29, 1.82) is 0 Å². The highest BCUT2D eigenvalue weighted by atomic mass is 32.1. The number of benzene rings is 7. The van der Waals surface area contributed by atoms with Gasteiger partial charge in [0.05, 0.1) is 17.3 Å². The average Bonchev–Trinajstić information content (AvgIpc) is 3.62. The summed E-state index contributed by atoms with van der Waals surface area (Å²) in [6.45, 7) is 12.5. The van der Waals surface area contributed by atoms with Gasteiger partial charge in [0.1, 0.15) is 6.54 Å². The van der Waals surface area contributed by atoms with E-state index in [9.17, 15) is 0 Å². The lowest BCUT2D eigenvalue weighted by molar-refractivity contribution is -0.651. The summed E-state index contributed by atoms with van der Waals surface area (Å²) in [5.74, 6) is 2.13. The summed E-state index contributed by atoms with van der Waals surface area (Å²) < 4.78 is 7.83. The number of nitrogens with zero attached hydrogens (tertiary/aromatic N) is 2. The molecule has 0 saturated carbocycles. The summed E-state index contributed by atoms with van der Waals surface area (Å²) in [6, 6.07) is 43.3. The smallest absolute Gasteiger partial charge is 0.226 e. The molecule has 0 atom stereocenters. The summed E-state index contributed by atoms with van der Waals surface area (Å²) in [7, 11) is 2.27. The molecule has 9 aromatic rings. The van der Waals surface area contributed by atoms with Crippen molar-refractivity contribution in [3.63, 3.8) is 0 Å². The quantitative estimate of drug-likeness (QED) is 0.129. The van der Waals surface area contributed by atoms with Gasteiger partial charge in [-0.25, -0.2) is 9.13 Å². The number of fused-ring (bicyclic) bond motifs is 10. The number of aromatic nitrogens is 2. The Morgan fingerprint density at radius 2 is 1.24 bits per heavy atom. The van der Waals surface area contributed by atoms with E-state index in [2.05, 4.69) is 166 Å². The summed E-state index contributed by atoms with van der Waals surface area (Å²) >= 11 is 1.95. The molecule has 0 saturated heterocycles. The van der Waals surface area contributed by atoms with Gasteiger partial charge in [-0.3, -0.25) is 0 Å². The summed E-state index contributed by atoms with van der Waals surface area (Å²) in [6.07, 6.45) is 0. The molecule has 0 aliphatic rings. The molecule has 0 fully saturated rings. The van der Waals surface area contributed by atoms with Gasteiger partial charge in [-0.15, -0.1) is 11.3 Å². The van der Waals surface area contributed by atoms with Crippen molar-refractivity contribution in [2.45, 2.75) is 53.0 Å². The van der Waals surface area contributed by atoms with Crippen LogP contribution >= 0.6 is 11.3 Å². The molecule has 0 aliphatic carbocycles. The largest absolute Gasteiger partial charge is 0.291 e. The molecule has 0 aliphatic heterocycles. The Morgan fingerprint density at radius 3 is 1.98 bits per heavy atom. The predicted molar refractivity (Wildman–Crippen MR) is 212 cm³/mol. The van der Waals surface area contributed by atoms with E-state index < -0.39 is 0 Å². The number of rotatable bonds is 5. The minimum Gasteiger partial charge on any atom is -0.226 e. The van der Waals surface area contributed by atoms with E-state index in [4.69, 9.17) is 0 Å². The molecule has 9 rings (SSSR count). The van der Waals surface area contributed by atoms with E-state index in [1.807, 2.05) is 11.3 Å². The fourth-order valence-corrected chi connectivity index (χ4v) is 9.81. The van der Waals surface area contributed by atoms with Crippen LogP contribution in [0.3, 0.4) is 0 Å². The van der Waals surface area contributed by atoms with Crippen LogP contribution in [0.2, 0.25) is 0 Å². The number of thiophene rings is 1. The van der Waals surface area contributed by atoms with Crippen molar-refractivity contribution in [2.75, 3.05) is 0 Å². The van der Waals surface area contributed by atoms with E-state index in [0.717, 1.165) is 6.54 Å². The Morgan fingerprint density at radius 1 is 0.612 bits per heavy atom. The molecular weight excluding hydrogens is 613 g/mol.